The zero-order chi connectivity index (χ0) is 45.1. The number of carbonyl (C=O) groups is 3. The molecule has 0 fully saturated rings. The summed E-state index contributed by atoms with van der Waals surface area (Å²) in [6.07, 6.45) is 69.8. The predicted molar refractivity (Wildman–Crippen MR) is 265 cm³/mol. The molecule has 62 heavy (non-hydrogen) atoms. The van der Waals surface area contributed by atoms with E-state index in [0.717, 1.165) is 70.6 Å². The summed E-state index contributed by atoms with van der Waals surface area (Å²) < 4.78 is 16.6. The number of hydrogen-bond acceptors (Lipinski definition) is 6. The summed E-state index contributed by atoms with van der Waals surface area (Å²) >= 11 is 0. The van der Waals surface area contributed by atoms with Crippen LogP contribution in [-0.2, 0) is 28.6 Å². The lowest BCUT2D eigenvalue weighted by atomic mass is 10.1. The van der Waals surface area contributed by atoms with Crippen LogP contribution in [0.5, 0.6) is 0 Å². The van der Waals surface area contributed by atoms with Crippen molar-refractivity contribution in [3.63, 3.8) is 0 Å². The first-order valence-electron chi connectivity index (χ1n) is 23.9. The molecule has 0 aliphatic carbocycles. The monoisotopic (exact) mass is 853 g/mol. The average molecular weight is 853 g/mol. The molecule has 0 amide bonds. The Morgan fingerprint density at radius 3 is 1.27 bits per heavy atom. The molecule has 6 heteroatoms. The zero-order valence-corrected chi connectivity index (χ0v) is 39.1. The summed E-state index contributed by atoms with van der Waals surface area (Å²) in [5, 5.41) is 0. The molecular weight excluding hydrogens is 769 g/mol. The van der Waals surface area contributed by atoms with Crippen LogP contribution in [0.2, 0.25) is 0 Å². The molecule has 0 aromatic heterocycles. The molecule has 344 valence electrons. The molecule has 6 nitrogen and oxygen atoms in total. The topological polar surface area (TPSA) is 78.9 Å². The van der Waals surface area contributed by atoms with Crippen molar-refractivity contribution in [2.45, 2.75) is 175 Å². The van der Waals surface area contributed by atoms with E-state index in [1.165, 1.54) is 38.5 Å². The minimum Gasteiger partial charge on any atom is -0.462 e. The Morgan fingerprint density at radius 2 is 0.742 bits per heavy atom. The Balaban J connectivity index is 4.63. The van der Waals surface area contributed by atoms with Crippen molar-refractivity contribution in [1.82, 2.24) is 0 Å². The second kappa shape index (κ2) is 49.0. The number of hydrogen-bond donors (Lipinski definition) is 0. The third-order valence-corrected chi connectivity index (χ3v) is 9.27. The molecule has 0 N–H and O–H groups in total. The van der Waals surface area contributed by atoms with E-state index in [1.54, 1.807) is 0 Å². The lowest BCUT2D eigenvalue weighted by Crippen LogP contribution is -2.30. The van der Waals surface area contributed by atoms with Gasteiger partial charge in [0.05, 0.1) is 0 Å². The van der Waals surface area contributed by atoms with Crippen molar-refractivity contribution in [2.75, 3.05) is 13.2 Å². The Morgan fingerprint density at radius 1 is 0.355 bits per heavy atom. The highest BCUT2D eigenvalue weighted by atomic mass is 16.6. The van der Waals surface area contributed by atoms with Gasteiger partial charge in [-0.15, -0.1) is 0 Å². The molecule has 0 rings (SSSR count). The van der Waals surface area contributed by atoms with Gasteiger partial charge in [0, 0.05) is 19.3 Å². The van der Waals surface area contributed by atoms with E-state index in [2.05, 4.69) is 87.6 Å². The number of ether oxygens (including phenoxy) is 3. The van der Waals surface area contributed by atoms with Crippen molar-refractivity contribution in [3.8, 4) is 0 Å². The molecule has 0 radical (unpaired) electrons. The minimum absolute atomic E-state index is 0.142. The van der Waals surface area contributed by atoms with Gasteiger partial charge in [0.25, 0.3) is 0 Å². The molecule has 0 bridgehead atoms. The number of rotatable bonds is 40. The summed E-state index contributed by atoms with van der Waals surface area (Å²) in [4.78, 5) is 37.8. The quantitative estimate of drug-likeness (QED) is 0.0201. The Hall–Kier alpha value is -4.71. The fraction of sp³-hybridized carbons (Fsp3) is 0.518. The lowest BCUT2D eigenvalue weighted by molar-refractivity contribution is -0.166. The van der Waals surface area contributed by atoms with Crippen LogP contribution in [-0.4, -0.2) is 37.2 Å². The molecule has 0 saturated carbocycles. The normalized spacial score (nSPS) is 13.4. The van der Waals surface area contributed by atoms with Crippen LogP contribution in [0.1, 0.15) is 168 Å². The summed E-state index contributed by atoms with van der Waals surface area (Å²) in [7, 11) is 0. The molecule has 0 saturated heterocycles. The van der Waals surface area contributed by atoms with E-state index in [9.17, 15) is 14.4 Å². The molecule has 0 aromatic rings. The van der Waals surface area contributed by atoms with Gasteiger partial charge in [-0.05, 0) is 89.9 Å². The van der Waals surface area contributed by atoms with Crippen LogP contribution in [0.4, 0.5) is 0 Å². The van der Waals surface area contributed by atoms with Gasteiger partial charge < -0.3 is 14.2 Å². The van der Waals surface area contributed by atoms with Gasteiger partial charge in [-0.25, -0.2) is 0 Å². The van der Waals surface area contributed by atoms with Gasteiger partial charge in [0.15, 0.2) is 6.10 Å². The van der Waals surface area contributed by atoms with Crippen molar-refractivity contribution < 1.29 is 28.6 Å². The van der Waals surface area contributed by atoms with Gasteiger partial charge in [0.1, 0.15) is 13.2 Å². The highest BCUT2D eigenvalue weighted by molar-refractivity contribution is 5.71. The molecule has 0 aliphatic rings. The maximum absolute atomic E-state index is 12.7. The van der Waals surface area contributed by atoms with E-state index < -0.39 is 12.1 Å². The number of esters is 3. The van der Waals surface area contributed by atoms with Gasteiger partial charge in [-0.3, -0.25) is 14.4 Å². The fourth-order valence-electron chi connectivity index (χ4n) is 5.72. The molecular formula is C56H84O6. The molecule has 1 unspecified atom stereocenters. The third kappa shape index (κ3) is 46.4. The Kier molecular flexibility index (Phi) is 45.2. The van der Waals surface area contributed by atoms with Crippen molar-refractivity contribution >= 4 is 17.9 Å². The smallest absolute Gasteiger partial charge is 0.306 e. The van der Waals surface area contributed by atoms with Gasteiger partial charge >= 0.3 is 17.9 Å². The highest BCUT2D eigenvalue weighted by Gasteiger charge is 2.19. The van der Waals surface area contributed by atoms with E-state index in [4.69, 9.17) is 14.2 Å². The summed E-state index contributed by atoms with van der Waals surface area (Å²) in [6, 6.07) is 0. The van der Waals surface area contributed by atoms with Crippen LogP contribution < -0.4 is 0 Å². The van der Waals surface area contributed by atoms with Gasteiger partial charge in [-0.2, -0.15) is 0 Å². The second-order valence-corrected chi connectivity index (χ2v) is 15.1. The largest absolute Gasteiger partial charge is 0.462 e. The molecule has 0 heterocycles. The van der Waals surface area contributed by atoms with E-state index in [1.807, 2.05) is 79.0 Å². The maximum atomic E-state index is 12.7. The maximum Gasteiger partial charge on any atom is 0.306 e. The molecule has 0 aromatic carbocycles. The van der Waals surface area contributed by atoms with Gasteiger partial charge in [0.2, 0.25) is 0 Å². The fourth-order valence-corrected chi connectivity index (χ4v) is 5.72. The average Bonchev–Trinajstić information content (AvgIpc) is 3.27. The zero-order valence-electron chi connectivity index (χ0n) is 39.1. The van der Waals surface area contributed by atoms with Crippen LogP contribution >= 0.6 is 0 Å². The predicted octanol–water partition coefficient (Wildman–Crippen LogP) is 15.7. The standard InChI is InChI=1S/C56H84O6/c1-4-7-10-13-16-19-22-25-26-27-28-29-30-32-34-37-40-43-46-49-55(58)61-52-53(51-60-54(57)48-45-42-39-36-33-24-21-18-15-12-9-6-3)62-56(59)50-47-44-41-38-35-31-23-20-17-14-11-8-5-2/h7,9-10,12-13,16,18-19,21-22,25-36,41,44,53H,4-6,8,11,14-15,17,20,23-24,37-40,42-43,45-52H2,1-3H3/b10-7-,12-9-,16-13-,21-18-,22-19-,26-25-,28-27+,30-29-,34-32-,35-31-,36-33-,44-41-. The van der Waals surface area contributed by atoms with Crippen LogP contribution in [0.25, 0.3) is 0 Å². The molecule has 0 spiro atoms. The summed E-state index contributed by atoms with van der Waals surface area (Å²) in [6.45, 7) is 6.20. The lowest BCUT2D eigenvalue weighted by Gasteiger charge is -2.18. The first-order chi connectivity index (χ1) is 30.5. The molecule has 1 atom stereocenters. The first kappa shape index (κ1) is 57.3. The third-order valence-electron chi connectivity index (χ3n) is 9.27. The Labute approximate surface area is 378 Å². The minimum atomic E-state index is -0.848. The SMILES string of the molecule is CC\C=C/C=C\C=C/C=C\C=C\C=C/C=C\CCCCCC(=O)OCC(COC(=O)CCCC/C=C\C/C=C\C/C=C\CC)OC(=O)CC/C=C\C/C=C\CCCCCCCC. The first-order valence-corrected chi connectivity index (χ1v) is 23.9. The van der Waals surface area contributed by atoms with E-state index in [-0.39, 0.29) is 44.4 Å². The van der Waals surface area contributed by atoms with E-state index >= 15 is 0 Å². The second-order valence-electron chi connectivity index (χ2n) is 15.1. The van der Waals surface area contributed by atoms with Crippen molar-refractivity contribution in [2.24, 2.45) is 0 Å². The van der Waals surface area contributed by atoms with Crippen LogP contribution in [0.15, 0.2) is 146 Å². The number of carbonyl (C=O) groups excluding carboxylic acids is 3. The summed E-state index contributed by atoms with van der Waals surface area (Å²) in [5.41, 5.74) is 0. The van der Waals surface area contributed by atoms with Crippen LogP contribution in [0.3, 0.4) is 0 Å². The number of unbranched alkanes of at least 4 members (excludes halogenated alkanes) is 11. The highest BCUT2D eigenvalue weighted by Crippen LogP contribution is 2.10. The van der Waals surface area contributed by atoms with Crippen LogP contribution in [0, 0.1) is 0 Å². The number of allylic oxidation sites excluding steroid dienone is 24. The van der Waals surface area contributed by atoms with E-state index in [0.29, 0.717) is 19.3 Å². The molecule has 0 aliphatic heterocycles. The Bertz CT molecular complexity index is 1440. The van der Waals surface area contributed by atoms with Crippen molar-refractivity contribution in [1.29, 1.82) is 0 Å². The van der Waals surface area contributed by atoms with Crippen molar-refractivity contribution in [3.05, 3.63) is 146 Å². The summed E-state index contributed by atoms with van der Waals surface area (Å²) in [5.74, 6) is -1.11. The van der Waals surface area contributed by atoms with Gasteiger partial charge in [-0.1, -0.05) is 205 Å².